The molecule has 2 atom stereocenters. The quantitative estimate of drug-likeness (QED) is 0.758. The molecule has 0 unspecified atom stereocenters. The Morgan fingerprint density at radius 2 is 1.87 bits per heavy atom. The van der Waals surface area contributed by atoms with Gasteiger partial charge in [0, 0.05) is 12.6 Å². The highest BCUT2D eigenvalue weighted by Gasteiger charge is 2.30. The van der Waals surface area contributed by atoms with Gasteiger partial charge in [0.15, 0.2) is 0 Å². The van der Waals surface area contributed by atoms with Crippen LogP contribution in [0.2, 0.25) is 0 Å². The second-order valence-corrected chi connectivity index (χ2v) is 5.85. The Bertz CT molecular complexity index is 179. The first-order valence-corrected chi connectivity index (χ1v) is 6.41. The SMILES string of the molecule is CC(C)CCN1C[C@H](O)C[C@@H]1CC(C)C. The minimum Gasteiger partial charge on any atom is -0.392 e. The maximum Gasteiger partial charge on any atom is 0.0682 e. The van der Waals surface area contributed by atoms with Crippen LogP contribution in [0, 0.1) is 11.8 Å². The maximum absolute atomic E-state index is 9.71. The Kier molecular flexibility index (Phi) is 5.07. The number of β-amino-alcohol motifs (C(OH)–C–C–N with tert-alkyl or cyclic N) is 1. The van der Waals surface area contributed by atoms with Crippen molar-refractivity contribution in [2.75, 3.05) is 13.1 Å². The fourth-order valence-corrected chi connectivity index (χ4v) is 2.44. The van der Waals surface area contributed by atoms with Gasteiger partial charge in [0.2, 0.25) is 0 Å². The highest BCUT2D eigenvalue weighted by atomic mass is 16.3. The van der Waals surface area contributed by atoms with Crippen LogP contribution in [0.4, 0.5) is 0 Å². The first kappa shape index (κ1) is 13.0. The lowest BCUT2D eigenvalue weighted by molar-refractivity contribution is 0.170. The van der Waals surface area contributed by atoms with Crippen molar-refractivity contribution in [2.45, 2.75) is 59.1 Å². The summed E-state index contributed by atoms with van der Waals surface area (Å²) in [5.74, 6) is 1.50. The lowest BCUT2D eigenvalue weighted by atomic mass is 10.0. The van der Waals surface area contributed by atoms with Crippen molar-refractivity contribution in [3.05, 3.63) is 0 Å². The Balaban J connectivity index is 2.38. The summed E-state index contributed by atoms with van der Waals surface area (Å²) >= 11 is 0. The summed E-state index contributed by atoms with van der Waals surface area (Å²) in [5.41, 5.74) is 0. The van der Waals surface area contributed by atoms with E-state index in [1.54, 1.807) is 0 Å². The maximum atomic E-state index is 9.71. The van der Waals surface area contributed by atoms with E-state index in [4.69, 9.17) is 0 Å². The summed E-state index contributed by atoms with van der Waals surface area (Å²) in [5, 5.41) is 9.71. The summed E-state index contributed by atoms with van der Waals surface area (Å²) in [7, 11) is 0. The van der Waals surface area contributed by atoms with Gasteiger partial charge in [-0.25, -0.2) is 0 Å². The number of likely N-dealkylation sites (tertiary alicyclic amines) is 1. The molecule has 0 saturated carbocycles. The molecular formula is C13H27NO. The summed E-state index contributed by atoms with van der Waals surface area (Å²) in [4.78, 5) is 2.49. The van der Waals surface area contributed by atoms with Gasteiger partial charge in [0.25, 0.3) is 0 Å². The van der Waals surface area contributed by atoms with Crippen molar-refractivity contribution >= 4 is 0 Å². The first-order valence-electron chi connectivity index (χ1n) is 6.41. The molecule has 0 spiro atoms. The van der Waals surface area contributed by atoms with E-state index in [2.05, 4.69) is 32.6 Å². The summed E-state index contributed by atoms with van der Waals surface area (Å²) in [6.45, 7) is 11.1. The molecule has 0 aromatic rings. The average molecular weight is 213 g/mol. The Labute approximate surface area is 94.7 Å². The van der Waals surface area contributed by atoms with E-state index in [-0.39, 0.29) is 6.10 Å². The average Bonchev–Trinajstić information content (AvgIpc) is 2.41. The normalized spacial score (nSPS) is 28.2. The molecule has 1 rings (SSSR count). The van der Waals surface area contributed by atoms with E-state index >= 15 is 0 Å². The Morgan fingerprint density at radius 3 is 2.40 bits per heavy atom. The lowest BCUT2D eigenvalue weighted by Crippen LogP contribution is -2.32. The van der Waals surface area contributed by atoms with Crippen LogP contribution < -0.4 is 0 Å². The number of aliphatic hydroxyl groups is 1. The largest absolute Gasteiger partial charge is 0.392 e. The van der Waals surface area contributed by atoms with Gasteiger partial charge >= 0.3 is 0 Å². The molecule has 0 aromatic heterocycles. The third-order valence-electron chi connectivity index (χ3n) is 3.24. The molecule has 0 aromatic carbocycles. The van der Waals surface area contributed by atoms with Crippen LogP contribution in [-0.2, 0) is 0 Å². The molecule has 2 nitrogen and oxygen atoms in total. The summed E-state index contributed by atoms with van der Waals surface area (Å²) in [6, 6.07) is 0.624. The van der Waals surface area contributed by atoms with E-state index in [0.717, 1.165) is 31.3 Å². The molecule has 1 saturated heterocycles. The summed E-state index contributed by atoms with van der Waals surface area (Å²) in [6.07, 6.45) is 3.38. The fourth-order valence-electron chi connectivity index (χ4n) is 2.44. The third kappa shape index (κ3) is 4.52. The zero-order valence-corrected chi connectivity index (χ0v) is 10.7. The molecule has 90 valence electrons. The van der Waals surface area contributed by atoms with Gasteiger partial charge in [-0.1, -0.05) is 27.7 Å². The van der Waals surface area contributed by atoms with Crippen LogP contribution in [0.5, 0.6) is 0 Å². The Hall–Kier alpha value is -0.0800. The number of aliphatic hydroxyl groups excluding tert-OH is 1. The van der Waals surface area contributed by atoms with Crippen LogP contribution in [0.3, 0.4) is 0 Å². The van der Waals surface area contributed by atoms with Gasteiger partial charge < -0.3 is 5.11 Å². The molecule has 15 heavy (non-hydrogen) atoms. The minimum atomic E-state index is -0.0825. The van der Waals surface area contributed by atoms with E-state index in [0.29, 0.717) is 6.04 Å². The predicted octanol–water partition coefficient (Wildman–Crippen LogP) is 2.51. The fraction of sp³-hybridized carbons (Fsp3) is 1.00. The van der Waals surface area contributed by atoms with Crippen LogP contribution in [-0.4, -0.2) is 35.2 Å². The van der Waals surface area contributed by atoms with Crippen molar-refractivity contribution in [3.63, 3.8) is 0 Å². The molecule has 1 fully saturated rings. The molecule has 1 N–H and O–H groups in total. The molecule has 0 radical (unpaired) electrons. The topological polar surface area (TPSA) is 23.5 Å². The monoisotopic (exact) mass is 213 g/mol. The predicted molar refractivity (Wildman–Crippen MR) is 64.9 cm³/mol. The number of hydrogen-bond donors (Lipinski definition) is 1. The van der Waals surface area contributed by atoms with E-state index in [1.165, 1.54) is 12.8 Å². The first-order chi connectivity index (χ1) is 6.99. The molecular weight excluding hydrogens is 186 g/mol. The molecule has 0 amide bonds. The number of nitrogens with zero attached hydrogens (tertiary/aromatic N) is 1. The van der Waals surface area contributed by atoms with Crippen molar-refractivity contribution < 1.29 is 5.11 Å². The minimum absolute atomic E-state index is 0.0825. The standard InChI is InChI=1S/C13H27NO/c1-10(2)5-6-14-9-13(15)8-12(14)7-11(3)4/h10-13,15H,5-9H2,1-4H3/t12-,13+/m0/s1. The highest BCUT2D eigenvalue weighted by Crippen LogP contribution is 2.24. The molecule has 1 aliphatic heterocycles. The number of rotatable bonds is 5. The van der Waals surface area contributed by atoms with Gasteiger partial charge in [-0.2, -0.15) is 0 Å². The van der Waals surface area contributed by atoms with Crippen LogP contribution >= 0.6 is 0 Å². The van der Waals surface area contributed by atoms with E-state index in [1.807, 2.05) is 0 Å². The van der Waals surface area contributed by atoms with Crippen molar-refractivity contribution in [2.24, 2.45) is 11.8 Å². The van der Waals surface area contributed by atoms with Gasteiger partial charge in [-0.05, 0) is 37.6 Å². The van der Waals surface area contributed by atoms with Gasteiger partial charge in [-0.3, -0.25) is 4.90 Å². The zero-order valence-electron chi connectivity index (χ0n) is 10.7. The van der Waals surface area contributed by atoms with E-state index < -0.39 is 0 Å². The smallest absolute Gasteiger partial charge is 0.0682 e. The summed E-state index contributed by atoms with van der Waals surface area (Å²) < 4.78 is 0. The van der Waals surface area contributed by atoms with Crippen molar-refractivity contribution in [3.8, 4) is 0 Å². The second-order valence-electron chi connectivity index (χ2n) is 5.85. The van der Waals surface area contributed by atoms with Crippen LogP contribution in [0.25, 0.3) is 0 Å². The molecule has 0 aliphatic carbocycles. The van der Waals surface area contributed by atoms with Crippen molar-refractivity contribution in [1.82, 2.24) is 4.90 Å². The van der Waals surface area contributed by atoms with Gasteiger partial charge in [0.05, 0.1) is 6.10 Å². The molecule has 1 heterocycles. The second kappa shape index (κ2) is 5.86. The molecule has 1 aliphatic rings. The van der Waals surface area contributed by atoms with Gasteiger partial charge in [-0.15, -0.1) is 0 Å². The zero-order chi connectivity index (χ0) is 11.4. The number of hydrogen-bond acceptors (Lipinski definition) is 2. The lowest BCUT2D eigenvalue weighted by Gasteiger charge is -2.26. The third-order valence-corrected chi connectivity index (χ3v) is 3.24. The highest BCUT2D eigenvalue weighted by molar-refractivity contribution is 4.85. The van der Waals surface area contributed by atoms with Crippen LogP contribution in [0.15, 0.2) is 0 Å². The molecule has 2 heteroatoms. The van der Waals surface area contributed by atoms with Gasteiger partial charge in [0.1, 0.15) is 0 Å². The van der Waals surface area contributed by atoms with Crippen molar-refractivity contribution in [1.29, 1.82) is 0 Å². The Morgan fingerprint density at radius 1 is 1.20 bits per heavy atom. The van der Waals surface area contributed by atoms with Crippen LogP contribution in [0.1, 0.15) is 47.0 Å². The molecule has 0 bridgehead atoms. The van der Waals surface area contributed by atoms with E-state index in [9.17, 15) is 5.11 Å².